The molecule has 0 bridgehead atoms. The van der Waals surface area contributed by atoms with E-state index < -0.39 is 0 Å². The summed E-state index contributed by atoms with van der Waals surface area (Å²) in [7, 11) is 1.61. The van der Waals surface area contributed by atoms with Gasteiger partial charge in [-0.2, -0.15) is 0 Å². The van der Waals surface area contributed by atoms with Gasteiger partial charge in [0.2, 0.25) is 0 Å². The van der Waals surface area contributed by atoms with Crippen LogP contribution in [0, 0.1) is 0 Å². The van der Waals surface area contributed by atoms with E-state index in [4.69, 9.17) is 10.5 Å². The molecule has 0 aliphatic heterocycles. The molecular formula is C13H14N2O2. The number of methoxy groups -OCH3 is 1. The van der Waals surface area contributed by atoms with E-state index in [0.717, 1.165) is 11.3 Å². The van der Waals surface area contributed by atoms with Crippen LogP contribution in [0.2, 0.25) is 0 Å². The number of benzene rings is 1. The zero-order valence-electron chi connectivity index (χ0n) is 9.59. The molecule has 1 aromatic heterocycles. The minimum atomic E-state index is 0.00593. The van der Waals surface area contributed by atoms with Crippen molar-refractivity contribution < 1.29 is 4.74 Å². The fraction of sp³-hybridized carbons (Fsp3) is 0.154. The number of ether oxygens (including phenoxy) is 1. The molecule has 0 saturated carbocycles. The van der Waals surface area contributed by atoms with Crippen LogP contribution in [0.4, 0.5) is 5.69 Å². The van der Waals surface area contributed by atoms with Gasteiger partial charge in [-0.3, -0.25) is 4.79 Å². The SMILES string of the molecule is COc1cc(N)cc(Cn2ccc(=O)cc2)c1. The third-order valence-corrected chi connectivity index (χ3v) is 2.45. The Morgan fingerprint density at radius 1 is 1.24 bits per heavy atom. The fourth-order valence-corrected chi connectivity index (χ4v) is 1.66. The van der Waals surface area contributed by atoms with Crippen LogP contribution in [0.5, 0.6) is 5.75 Å². The van der Waals surface area contributed by atoms with E-state index in [2.05, 4.69) is 0 Å². The Morgan fingerprint density at radius 2 is 1.94 bits per heavy atom. The van der Waals surface area contributed by atoms with Crippen LogP contribution in [0.15, 0.2) is 47.5 Å². The van der Waals surface area contributed by atoms with Gasteiger partial charge in [0.1, 0.15) is 5.75 Å². The molecule has 0 aliphatic carbocycles. The minimum absolute atomic E-state index is 0.00593. The molecule has 2 rings (SSSR count). The normalized spacial score (nSPS) is 10.2. The van der Waals surface area contributed by atoms with Crippen molar-refractivity contribution in [3.05, 3.63) is 58.5 Å². The van der Waals surface area contributed by atoms with Crippen LogP contribution in [-0.2, 0) is 6.54 Å². The second-order valence-corrected chi connectivity index (χ2v) is 3.82. The van der Waals surface area contributed by atoms with Crippen LogP contribution < -0.4 is 15.9 Å². The molecule has 0 aliphatic rings. The lowest BCUT2D eigenvalue weighted by Gasteiger charge is -2.09. The van der Waals surface area contributed by atoms with E-state index in [0.29, 0.717) is 12.2 Å². The number of rotatable bonds is 3. The number of nitrogens with zero attached hydrogens (tertiary/aromatic N) is 1. The van der Waals surface area contributed by atoms with Gasteiger partial charge in [-0.05, 0) is 17.7 Å². The van der Waals surface area contributed by atoms with Gasteiger partial charge in [0, 0.05) is 42.8 Å². The van der Waals surface area contributed by atoms with E-state index in [-0.39, 0.29) is 5.43 Å². The Balaban J connectivity index is 2.26. The topological polar surface area (TPSA) is 57.2 Å². The lowest BCUT2D eigenvalue weighted by molar-refractivity contribution is 0.414. The van der Waals surface area contributed by atoms with Crippen LogP contribution in [0.1, 0.15) is 5.56 Å². The first-order valence-corrected chi connectivity index (χ1v) is 5.27. The number of pyridine rings is 1. The molecule has 2 N–H and O–H groups in total. The zero-order chi connectivity index (χ0) is 12.3. The van der Waals surface area contributed by atoms with Crippen LogP contribution in [0.25, 0.3) is 0 Å². The summed E-state index contributed by atoms with van der Waals surface area (Å²) in [6, 6.07) is 8.65. The first kappa shape index (κ1) is 11.3. The number of hydrogen-bond donors (Lipinski definition) is 1. The molecule has 17 heavy (non-hydrogen) atoms. The summed E-state index contributed by atoms with van der Waals surface area (Å²) in [6.07, 6.45) is 3.50. The summed E-state index contributed by atoms with van der Waals surface area (Å²) in [5, 5.41) is 0. The number of nitrogen functional groups attached to an aromatic ring is 1. The van der Waals surface area contributed by atoms with Crippen molar-refractivity contribution in [1.29, 1.82) is 0 Å². The average molecular weight is 230 g/mol. The fourth-order valence-electron chi connectivity index (χ4n) is 1.66. The minimum Gasteiger partial charge on any atom is -0.497 e. The maximum atomic E-state index is 11.0. The molecule has 0 unspecified atom stereocenters. The van der Waals surface area contributed by atoms with Gasteiger partial charge in [0.15, 0.2) is 5.43 Å². The second kappa shape index (κ2) is 4.74. The van der Waals surface area contributed by atoms with Crippen molar-refractivity contribution in [3.8, 4) is 5.75 Å². The molecule has 4 nitrogen and oxygen atoms in total. The highest BCUT2D eigenvalue weighted by Crippen LogP contribution is 2.18. The van der Waals surface area contributed by atoms with Crippen molar-refractivity contribution in [2.24, 2.45) is 0 Å². The largest absolute Gasteiger partial charge is 0.497 e. The summed E-state index contributed by atoms with van der Waals surface area (Å²) in [5.74, 6) is 0.737. The highest BCUT2D eigenvalue weighted by molar-refractivity contribution is 5.47. The first-order valence-electron chi connectivity index (χ1n) is 5.27. The molecule has 1 aromatic carbocycles. The van der Waals surface area contributed by atoms with Crippen LogP contribution in [0.3, 0.4) is 0 Å². The Labute approximate surface area is 99.3 Å². The monoisotopic (exact) mass is 230 g/mol. The van der Waals surface area contributed by atoms with Crippen LogP contribution >= 0.6 is 0 Å². The maximum Gasteiger partial charge on any atom is 0.181 e. The highest BCUT2D eigenvalue weighted by Gasteiger charge is 1.99. The number of nitrogens with two attached hydrogens (primary N) is 1. The number of anilines is 1. The maximum absolute atomic E-state index is 11.0. The highest BCUT2D eigenvalue weighted by atomic mass is 16.5. The number of aromatic nitrogens is 1. The molecular weight excluding hydrogens is 216 g/mol. The Bertz CT molecular complexity index is 555. The summed E-state index contributed by atoms with van der Waals surface area (Å²) in [5.41, 5.74) is 7.48. The summed E-state index contributed by atoms with van der Waals surface area (Å²) < 4.78 is 7.07. The van der Waals surface area contributed by atoms with Gasteiger partial charge in [0.05, 0.1) is 7.11 Å². The van der Waals surface area contributed by atoms with Gasteiger partial charge >= 0.3 is 0 Å². The van der Waals surface area contributed by atoms with Crippen molar-refractivity contribution in [3.63, 3.8) is 0 Å². The second-order valence-electron chi connectivity index (χ2n) is 3.82. The van der Waals surface area contributed by atoms with Crippen molar-refractivity contribution in [1.82, 2.24) is 4.57 Å². The lowest BCUT2D eigenvalue weighted by Crippen LogP contribution is -2.05. The van der Waals surface area contributed by atoms with E-state index >= 15 is 0 Å². The summed E-state index contributed by atoms with van der Waals surface area (Å²) in [6.45, 7) is 0.654. The molecule has 2 aromatic rings. The molecule has 0 radical (unpaired) electrons. The predicted molar refractivity (Wildman–Crippen MR) is 67.2 cm³/mol. The third-order valence-electron chi connectivity index (χ3n) is 2.45. The molecule has 0 atom stereocenters. The molecule has 0 fully saturated rings. The number of hydrogen-bond acceptors (Lipinski definition) is 3. The Morgan fingerprint density at radius 3 is 2.59 bits per heavy atom. The molecule has 0 saturated heterocycles. The van der Waals surface area contributed by atoms with E-state index in [1.165, 1.54) is 12.1 Å². The Hall–Kier alpha value is -2.23. The van der Waals surface area contributed by atoms with E-state index in [9.17, 15) is 4.79 Å². The zero-order valence-corrected chi connectivity index (χ0v) is 9.59. The van der Waals surface area contributed by atoms with Crippen molar-refractivity contribution in [2.45, 2.75) is 6.54 Å². The average Bonchev–Trinajstić information content (AvgIpc) is 2.31. The van der Waals surface area contributed by atoms with Gasteiger partial charge in [0.25, 0.3) is 0 Å². The summed E-state index contributed by atoms with van der Waals surface area (Å²) in [4.78, 5) is 11.0. The van der Waals surface area contributed by atoms with Crippen molar-refractivity contribution in [2.75, 3.05) is 12.8 Å². The third kappa shape index (κ3) is 2.87. The van der Waals surface area contributed by atoms with Gasteiger partial charge in [-0.25, -0.2) is 0 Å². The lowest BCUT2D eigenvalue weighted by atomic mass is 10.2. The predicted octanol–water partition coefficient (Wildman–Crippen LogP) is 1.49. The molecule has 88 valence electrons. The van der Waals surface area contributed by atoms with E-state index in [1.54, 1.807) is 25.6 Å². The molecule has 4 heteroatoms. The molecule has 0 spiro atoms. The van der Waals surface area contributed by atoms with E-state index in [1.807, 2.05) is 16.7 Å². The quantitative estimate of drug-likeness (QED) is 0.813. The standard InChI is InChI=1S/C13H14N2O2/c1-17-13-7-10(6-11(14)8-13)9-15-4-2-12(16)3-5-15/h2-8H,9,14H2,1H3. The summed E-state index contributed by atoms with van der Waals surface area (Å²) >= 11 is 0. The molecule has 1 heterocycles. The van der Waals surface area contributed by atoms with Crippen molar-refractivity contribution >= 4 is 5.69 Å². The smallest absolute Gasteiger partial charge is 0.181 e. The van der Waals surface area contributed by atoms with Gasteiger partial charge in [-0.1, -0.05) is 0 Å². The van der Waals surface area contributed by atoms with Gasteiger partial charge in [-0.15, -0.1) is 0 Å². The van der Waals surface area contributed by atoms with Gasteiger partial charge < -0.3 is 15.0 Å². The molecule has 0 amide bonds. The Kier molecular flexibility index (Phi) is 3.14. The first-order chi connectivity index (χ1) is 8.17. The van der Waals surface area contributed by atoms with Crippen LogP contribution in [-0.4, -0.2) is 11.7 Å².